The highest BCUT2D eigenvalue weighted by atomic mass is 35.5. The van der Waals surface area contributed by atoms with Gasteiger partial charge in [-0.1, -0.05) is 34.8 Å². The fourth-order valence-electron chi connectivity index (χ4n) is 3.15. The summed E-state index contributed by atoms with van der Waals surface area (Å²) in [5.41, 5.74) is 15.7. The molecule has 34 heavy (non-hydrogen) atoms. The highest BCUT2D eigenvalue weighted by Crippen LogP contribution is 2.34. The van der Waals surface area contributed by atoms with Crippen LogP contribution in [0.2, 0.25) is 15.2 Å². The zero-order valence-electron chi connectivity index (χ0n) is 18.2. The van der Waals surface area contributed by atoms with Gasteiger partial charge >= 0.3 is 0 Å². The van der Waals surface area contributed by atoms with Crippen LogP contribution in [-0.4, -0.2) is 22.0 Å². The van der Waals surface area contributed by atoms with E-state index in [1.54, 1.807) is 37.5 Å². The summed E-state index contributed by atoms with van der Waals surface area (Å²) < 4.78 is 5.96. The van der Waals surface area contributed by atoms with Crippen LogP contribution in [0.25, 0.3) is 11.3 Å². The lowest BCUT2D eigenvalue weighted by molar-refractivity contribution is 0.482. The van der Waals surface area contributed by atoms with Gasteiger partial charge in [0.1, 0.15) is 22.5 Å². The number of aryl methyl sites for hydroxylation is 1. The fourth-order valence-corrected chi connectivity index (χ4v) is 3.64. The van der Waals surface area contributed by atoms with E-state index in [1.165, 1.54) is 0 Å². The summed E-state index contributed by atoms with van der Waals surface area (Å²) in [5, 5.41) is 4.13. The Morgan fingerprint density at radius 2 is 1.76 bits per heavy atom. The quantitative estimate of drug-likeness (QED) is 0.163. The van der Waals surface area contributed by atoms with Crippen molar-refractivity contribution in [3.63, 3.8) is 0 Å². The van der Waals surface area contributed by atoms with Gasteiger partial charge in [0.2, 0.25) is 5.95 Å². The Balaban J connectivity index is 1.53. The molecule has 2 aromatic heterocycles. The molecule has 5 N–H and O–H groups in total. The monoisotopic (exact) mass is 515 g/mol. The third-order valence-corrected chi connectivity index (χ3v) is 5.71. The molecule has 0 saturated heterocycles. The zero-order valence-corrected chi connectivity index (χ0v) is 20.4. The normalized spacial score (nSPS) is 10.7. The average Bonchev–Trinajstić information content (AvgIpc) is 2.79. The van der Waals surface area contributed by atoms with E-state index in [2.05, 4.69) is 31.1 Å². The van der Waals surface area contributed by atoms with E-state index in [4.69, 9.17) is 45.3 Å². The molecule has 4 aromatic rings. The number of nitrogens with one attached hydrogen (secondary N) is 3. The van der Waals surface area contributed by atoms with Crippen LogP contribution in [0.5, 0.6) is 11.5 Å². The predicted molar refractivity (Wildman–Crippen MR) is 138 cm³/mol. The molecule has 174 valence electrons. The van der Waals surface area contributed by atoms with E-state index in [9.17, 15) is 0 Å². The van der Waals surface area contributed by atoms with Crippen molar-refractivity contribution < 1.29 is 4.74 Å². The summed E-state index contributed by atoms with van der Waals surface area (Å²) in [4.78, 5) is 12.5. The molecule has 0 fully saturated rings. The molecular formula is C23H20Cl3N7O. The number of pyridine rings is 1. The van der Waals surface area contributed by atoms with Gasteiger partial charge in [-0.15, -0.1) is 0 Å². The molecule has 0 saturated carbocycles. The van der Waals surface area contributed by atoms with Crippen molar-refractivity contribution in [3.8, 4) is 22.8 Å². The van der Waals surface area contributed by atoms with Crippen LogP contribution >= 0.6 is 34.8 Å². The highest BCUT2D eigenvalue weighted by Gasteiger charge is 2.11. The second-order valence-electron chi connectivity index (χ2n) is 7.22. The van der Waals surface area contributed by atoms with Crippen LogP contribution in [0.4, 0.5) is 23.1 Å². The third kappa shape index (κ3) is 5.60. The van der Waals surface area contributed by atoms with E-state index in [0.29, 0.717) is 44.3 Å². The molecule has 0 amide bonds. The van der Waals surface area contributed by atoms with E-state index in [1.807, 2.05) is 31.2 Å². The number of hydrogen-bond donors (Lipinski definition) is 4. The lowest BCUT2D eigenvalue weighted by Gasteiger charge is -2.13. The van der Waals surface area contributed by atoms with Gasteiger partial charge in [-0.05, 0) is 55.0 Å². The molecule has 11 heteroatoms. The van der Waals surface area contributed by atoms with Crippen molar-refractivity contribution in [2.75, 3.05) is 23.5 Å². The van der Waals surface area contributed by atoms with Gasteiger partial charge in [0, 0.05) is 30.6 Å². The predicted octanol–water partition coefficient (Wildman–Crippen LogP) is 6.47. The number of hydrazine groups is 1. The number of anilines is 4. The molecular weight excluding hydrogens is 497 g/mol. The number of ether oxygens (including phenoxy) is 1. The lowest BCUT2D eigenvalue weighted by atomic mass is 10.2. The molecule has 0 unspecified atom stereocenters. The summed E-state index contributed by atoms with van der Waals surface area (Å²) in [6, 6.07) is 14.4. The largest absolute Gasteiger partial charge is 0.456 e. The maximum absolute atomic E-state index is 6.48. The molecule has 0 spiro atoms. The number of nitrogens with two attached hydrogens (primary N) is 1. The number of halogens is 3. The van der Waals surface area contributed by atoms with E-state index in [-0.39, 0.29) is 11.1 Å². The number of nitrogen functional groups attached to an aromatic ring is 1. The number of rotatable bonds is 7. The molecule has 2 heterocycles. The van der Waals surface area contributed by atoms with Gasteiger partial charge in [0.15, 0.2) is 0 Å². The Morgan fingerprint density at radius 1 is 0.941 bits per heavy atom. The van der Waals surface area contributed by atoms with Crippen LogP contribution in [0.15, 0.2) is 54.7 Å². The smallest absolute Gasteiger partial charge is 0.222 e. The first-order valence-corrected chi connectivity index (χ1v) is 11.2. The summed E-state index contributed by atoms with van der Waals surface area (Å²) in [5.74, 6) is 1.75. The van der Waals surface area contributed by atoms with Crippen molar-refractivity contribution in [3.05, 3.63) is 75.5 Å². The van der Waals surface area contributed by atoms with Crippen LogP contribution in [0, 0.1) is 6.92 Å². The molecule has 0 bridgehead atoms. The van der Waals surface area contributed by atoms with Crippen molar-refractivity contribution >= 4 is 57.9 Å². The summed E-state index contributed by atoms with van der Waals surface area (Å²) >= 11 is 18.5. The van der Waals surface area contributed by atoms with Crippen LogP contribution in [0.1, 0.15) is 5.56 Å². The summed E-state index contributed by atoms with van der Waals surface area (Å²) in [7, 11) is 1.81. The molecule has 0 aliphatic heterocycles. The minimum atomic E-state index is 0.0868. The van der Waals surface area contributed by atoms with E-state index in [0.717, 1.165) is 11.3 Å². The van der Waals surface area contributed by atoms with Gasteiger partial charge in [-0.25, -0.2) is 15.4 Å². The Hall–Kier alpha value is -3.30. The molecule has 4 rings (SSSR count). The Bertz CT molecular complexity index is 1350. The summed E-state index contributed by atoms with van der Waals surface area (Å²) in [6.45, 7) is 1.98. The van der Waals surface area contributed by atoms with E-state index >= 15 is 0 Å². The first-order chi connectivity index (χ1) is 16.3. The van der Waals surface area contributed by atoms with Crippen LogP contribution in [0.3, 0.4) is 0 Å². The first kappa shape index (κ1) is 23.8. The Kier molecular flexibility index (Phi) is 7.23. The van der Waals surface area contributed by atoms with Crippen molar-refractivity contribution in [2.45, 2.75) is 6.92 Å². The van der Waals surface area contributed by atoms with Crippen molar-refractivity contribution in [2.24, 2.45) is 0 Å². The van der Waals surface area contributed by atoms with E-state index < -0.39 is 0 Å². The van der Waals surface area contributed by atoms with Crippen molar-refractivity contribution in [1.29, 1.82) is 0 Å². The summed E-state index contributed by atoms with van der Waals surface area (Å²) in [6.07, 6.45) is 1.56. The number of nitrogens with zero attached hydrogens (tertiary/aromatic N) is 3. The molecule has 0 atom stereocenters. The maximum Gasteiger partial charge on any atom is 0.222 e. The van der Waals surface area contributed by atoms with Gasteiger partial charge in [-0.3, -0.25) is 0 Å². The SMILES string of the molecule is CNNc1ccc(Oc2ccc(Nc3cc(-c4cnc(Cl)c(Cl)c4)nc(N)n3)cc2Cl)cc1C. The van der Waals surface area contributed by atoms with Crippen LogP contribution in [-0.2, 0) is 0 Å². The minimum Gasteiger partial charge on any atom is -0.456 e. The minimum absolute atomic E-state index is 0.0868. The Morgan fingerprint density at radius 3 is 2.47 bits per heavy atom. The van der Waals surface area contributed by atoms with Gasteiger partial charge < -0.3 is 21.2 Å². The zero-order chi connectivity index (χ0) is 24.2. The Labute approximate surface area is 211 Å². The number of aromatic nitrogens is 3. The van der Waals surface area contributed by atoms with Gasteiger partial charge in [-0.2, -0.15) is 4.98 Å². The average molecular weight is 517 g/mol. The molecule has 8 nitrogen and oxygen atoms in total. The van der Waals surface area contributed by atoms with Crippen molar-refractivity contribution in [1.82, 2.24) is 20.4 Å². The first-order valence-electron chi connectivity index (χ1n) is 10.1. The molecule has 0 aliphatic carbocycles. The lowest BCUT2D eigenvalue weighted by Crippen LogP contribution is -2.15. The van der Waals surface area contributed by atoms with Gasteiger partial charge in [0.05, 0.1) is 21.4 Å². The standard InChI is InChI=1S/C23H20Cl3N7O/c1-12-7-15(4-5-18(12)33-28-2)34-20-6-3-14(9-16(20)24)30-21-10-19(31-23(27)32-21)13-8-17(25)22(26)29-11-13/h3-11,28,33H,1-2H3,(H3,27,30,31,32). The third-order valence-electron chi connectivity index (χ3n) is 4.73. The molecule has 0 aliphatic rings. The number of benzene rings is 2. The second kappa shape index (κ2) is 10.3. The molecule has 2 aromatic carbocycles. The maximum atomic E-state index is 6.48. The second-order valence-corrected chi connectivity index (χ2v) is 8.39. The fraction of sp³-hybridized carbons (Fsp3) is 0.0870. The number of hydrogen-bond acceptors (Lipinski definition) is 8. The topological polar surface area (TPSA) is 110 Å². The molecule has 0 radical (unpaired) electrons. The van der Waals surface area contributed by atoms with Gasteiger partial charge in [0.25, 0.3) is 0 Å². The highest BCUT2D eigenvalue weighted by molar-refractivity contribution is 6.41. The van der Waals surface area contributed by atoms with Crippen LogP contribution < -0.4 is 26.6 Å².